The SMILES string of the molecule is CCOC(=O)C(F)[C@H](N)c1ccc(O)cc1F. The van der Waals surface area contributed by atoms with Crippen LogP contribution in [0.3, 0.4) is 0 Å². The van der Waals surface area contributed by atoms with Crippen LogP contribution in [0.5, 0.6) is 5.75 Å². The van der Waals surface area contributed by atoms with E-state index in [1.165, 1.54) is 6.92 Å². The summed E-state index contributed by atoms with van der Waals surface area (Å²) < 4.78 is 31.3. The zero-order valence-electron chi connectivity index (χ0n) is 9.19. The smallest absolute Gasteiger partial charge is 0.342 e. The first-order chi connectivity index (χ1) is 7.97. The molecule has 1 aromatic rings. The number of carbonyl (C=O) groups excluding carboxylic acids is 1. The molecule has 0 spiro atoms. The summed E-state index contributed by atoms with van der Waals surface area (Å²) in [5.74, 6) is -2.30. The number of phenolic OH excluding ortho intramolecular Hbond substituents is 1. The van der Waals surface area contributed by atoms with E-state index < -0.39 is 24.0 Å². The lowest BCUT2D eigenvalue weighted by Gasteiger charge is -2.16. The van der Waals surface area contributed by atoms with E-state index in [1.807, 2.05) is 0 Å². The Balaban J connectivity index is 2.88. The van der Waals surface area contributed by atoms with Crippen molar-refractivity contribution in [1.29, 1.82) is 0 Å². The number of rotatable bonds is 4. The summed E-state index contributed by atoms with van der Waals surface area (Å²) in [6.45, 7) is 1.54. The first-order valence-electron chi connectivity index (χ1n) is 5.02. The van der Waals surface area contributed by atoms with Crippen molar-refractivity contribution in [2.75, 3.05) is 6.61 Å². The minimum Gasteiger partial charge on any atom is -0.508 e. The van der Waals surface area contributed by atoms with Crippen molar-refractivity contribution in [3.8, 4) is 5.75 Å². The van der Waals surface area contributed by atoms with Crippen LogP contribution >= 0.6 is 0 Å². The lowest BCUT2D eigenvalue weighted by molar-refractivity contribution is -0.149. The van der Waals surface area contributed by atoms with E-state index in [9.17, 15) is 13.6 Å². The molecular formula is C11H13F2NO3. The zero-order chi connectivity index (χ0) is 13.0. The maximum Gasteiger partial charge on any atom is 0.342 e. The van der Waals surface area contributed by atoms with Crippen LogP contribution in [0.1, 0.15) is 18.5 Å². The van der Waals surface area contributed by atoms with Gasteiger partial charge in [-0.3, -0.25) is 0 Å². The second-order valence-corrected chi connectivity index (χ2v) is 3.39. The van der Waals surface area contributed by atoms with Crippen LogP contribution in [0, 0.1) is 5.82 Å². The highest BCUT2D eigenvalue weighted by Gasteiger charge is 2.29. The van der Waals surface area contributed by atoms with Gasteiger partial charge in [-0.05, 0) is 13.0 Å². The van der Waals surface area contributed by atoms with Crippen molar-refractivity contribution in [3.05, 3.63) is 29.6 Å². The molecule has 4 nitrogen and oxygen atoms in total. The molecule has 1 rings (SSSR count). The van der Waals surface area contributed by atoms with E-state index in [0.717, 1.165) is 18.2 Å². The molecule has 0 radical (unpaired) electrons. The normalized spacial score (nSPS) is 14.1. The van der Waals surface area contributed by atoms with E-state index in [-0.39, 0.29) is 17.9 Å². The van der Waals surface area contributed by atoms with Gasteiger partial charge >= 0.3 is 5.97 Å². The molecule has 6 heteroatoms. The number of hydrogen-bond acceptors (Lipinski definition) is 4. The largest absolute Gasteiger partial charge is 0.508 e. The molecule has 0 aliphatic rings. The maximum atomic E-state index is 13.5. The molecule has 0 fully saturated rings. The second kappa shape index (κ2) is 5.58. The summed E-state index contributed by atoms with van der Waals surface area (Å²) in [7, 11) is 0. The third kappa shape index (κ3) is 3.13. The monoisotopic (exact) mass is 245 g/mol. The van der Waals surface area contributed by atoms with Gasteiger partial charge in [-0.1, -0.05) is 6.07 Å². The first-order valence-corrected chi connectivity index (χ1v) is 5.02. The van der Waals surface area contributed by atoms with Crippen LogP contribution in [0.25, 0.3) is 0 Å². The van der Waals surface area contributed by atoms with Crippen LogP contribution in [-0.2, 0) is 9.53 Å². The Morgan fingerprint density at radius 2 is 2.24 bits per heavy atom. The Hall–Kier alpha value is -1.69. The summed E-state index contributed by atoms with van der Waals surface area (Å²) >= 11 is 0. The van der Waals surface area contributed by atoms with Crippen molar-refractivity contribution < 1.29 is 23.4 Å². The minimum atomic E-state index is -2.14. The van der Waals surface area contributed by atoms with Crippen LogP contribution in [-0.4, -0.2) is 23.9 Å². The van der Waals surface area contributed by atoms with Crippen molar-refractivity contribution in [1.82, 2.24) is 0 Å². The zero-order valence-corrected chi connectivity index (χ0v) is 9.19. The fourth-order valence-corrected chi connectivity index (χ4v) is 1.31. The molecule has 3 N–H and O–H groups in total. The van der Waals surface area contributed by atoms with Gasteiger partial charge in [-0.15, -0.1) is 0 Å². The molecule has 0 aliphatic heterocycles. The van der Waals surface area contributed by atoms with E-state index in [1.54, 1.807) is 0 Å². The summed E-state index contributed by atoms with van der Waals surface area (Å²) in [6, 6.07) is 1.62. The minimum absolute atomic E-state index is 0.0179. The summed E-state index contributed by atoms with van der Waals surface area (Å²) in [6.07, 6.45) is -2.14. The van der Waals surface area contributed by atoms with Gasteiger partial charge in [-0.25, -0.2) is 13.6 Å². The summed E-state index contributed by atoms with van der Waals surface area (Å²) in [4.78, 5) is 11.1. The molecule has 17 heavy (non-hydrogen) atoms. The lowest BCUT2D eigenvalue weighted by Crippen LogP contribution is -2.32. The molecule has 0 saturated carbocycles. The number of ether oxygens (including phenoxy) is 1. The lowest BCUT2D eigenvalue weighted by atomic mass is 10.0. The predicted octanol–water partition coefficient (Wildman–Crippen LogP) is 1.43. The highest BCUT2D eigenvalue weighted by atomic mass is 19.1. The van der Waals surface area contributed by atoms with E-state index in [2.05, 4.69) is 4.74 Å². The van der Waals surface area contributed by atoms with Crippen molar-refractivity contribution in [2.24, 2.45) is 5.73 Å². The molecule has 0 aliphatic carbocycles. The number of alkyl halides is 1. The van der Waals surface area contributed by atoms with Crippen molar-refractivity contribution >= 4 is 5.97 Å². The number of phenols is 1. The average Bonchev–Trinajstić information content (AvgIpc) is 2.27. The Bertz CT molecular complexity index is 412. The summed E-state index contributed by atoms with van der Waals surface area (Å²) in [5, 5.41) is 8.99. The summed E-state index contributed by atoms with van der Waals surface area (Å²) in [5.41, 5.74) is 5.23. The Morgan fingerprint density at radius 1 is 1.59 bits per heavy atom. The number of esters is 1. The standard InChI is InChI=1S/C11H13F2NO3/c1-2-17-11(16)9(13)10(14)7-4-3-6(15)5-8(7)12/h3-5,9-10,15H,2,14H2,1H3/t9?,10-/m1/s1. The maximum absolute atomic E-state index is 13.5. The molecule has 2 atom stereocenters. The molecule has 0 aromatic heterocycles. The van der Waals surface area contributed by atoms with Crippen LogP contribution in [0.15, 0.2) is 18.2 Å². The predicted molar refractivity (Wildman–Crippen MR) is 56.5 cm³/mol. The first kappa shape index (κ1) is 13.4. The van der Waals surface area contributed by atoms with E-state index in [4.69, 9.17) is 10.8 Å². The molecule has 1 aromatic carbocycles. The topological polar surface area (TPSA) is 72.5 Å². The van der Waals surface area contributed by atoms with Gasteiger partial charge in [0.05, 0.1) is 12.6 Å². The molecule has 0 bridgehead atoms. The molecular weight excluding hydrogens is 232 g/mol. The number of benzene rings is 1. The van der Waals surface area contributed by atoms with Crippen molar-refractivity contribution in [2.45, 2.75) is 19.1 Å². The van der Waals surface area contributed by atoms with Crippen LogP contribution < -0.4 is 5.73 Å². The van der Waals surface area contributed by atoms with E-state index in [0.29, 0.717) is 0 Å². The number of nitrogens with two attached hydrogens (primary N) is 1. The molecule has 94 valence electrons. The van der Waals surface area contributed by atoms with Gasteiger partial charge in [0, 0.05) is 11.6 Å². The average molecular weight is 245 g/mol. The molecule has 0 heterocycles. The molecule has 0 amide bonds. The fraction of sp³-hybridized carbons (Fsp3) is 0.364. The highest BCUT2D eigenvalue weighted by Crippen LogP contribution is 2.23. The van der Waals surface area contributed by atoms with Crippen LogP contribution in [0.4, 0.5) is 8.78 Å². The van der Waals surface area contributed by atoms with Gasteiger partial charge < -0.3 is 15.6 Å². The highest BCUT2D eigenvalue weighted by molar-refractivity contribution is 5.75. The van der Waals surface area contributed by atoms with Gasteiger partial charge in [0.25, 0.3) is 0 Å². The second-order valence-electron chi connectivity index (χ2n) is 3.39. The number of aromatic hydroxyl groups is 1. The third-order valence-electron chi connectivity index (χ3n) is 2.17. The number of hydrogen-bond donors (Lipinski definition) is 2. The fourth-order valence-electron chi connectivity index (χ4n) is 1.31. The Morgan fingerprint density at radius 3 is 2.76 bits per heavy atom. The number of halogens is 2. The van der Waals surface area contributed by atoms with Crippen LogP contribution in [0.2, 0.25) is 0 Å². The van der Waals surface area contributed by atoms with E-state index >= 15 is 0 Å². The van der Waals surface area contributed by atoms with Gasteiger partial charge in [0.15, 0.2) is 0 Å². The molecule has 0 saturated heterocycles. The quantitative estimate of drug-likeness (QED) is 0.787. The number of carbonyl (C=O) groups is 1. The molecule has 1 unspecified atom stereocenters. The van der Waals surface area contributed by atoms with Crippen molar-refractivity contribution in [3.63, 3.8) is 0 Å². The van der Waals surface area contributed by atoms with Gasteiger partial charge in [0.1, 0.15) is 11.6 Å². The van der Waals surface area contributed by atoms with Gasteiger partial charge in [-0.2, -0.15) is 0 Å². The van der Waals surface area contributed by atoms with Gasteiger partial charge in [0.2, 0.25) is 6.17 Å². The Kier molecular flexibility index (Phi) is 4.39. The third-order valence-corrected chi connectivity index (χ3v) is 2.17. The Labute approximate surface area is 97.0 Å².